The lowest BCUT2D eigenvalue weighted by Crippen LogP contribution is -2.44. The van der Waals surface area contributed by atoms with Crippen molar-refractivity contribution >= 4 is 11.6 Å². The standard InChI is InChI=1S/C16H20N4/c1-2-20(13-14-9-5-3-6-10-14)16(19-17)18-15-11-7-4-8-12-15/h3-12H,2,13,17H2,1H3,(H,18,19). The van der Waals surface area contributed by atoms with Crippen LogP contribution in [0, 0.1) is 0 Å². The summed E-state index contributed by atoms with van der Waals surface area (Å²) in [5.41, 5.74) is 4.81. The summed E-state index contributed by atoms with van der Waals surface area (Å²) in [4.78, 5) is 6.65. The first-order valence-corrected chi connectivity index (χ1v) is 6.72. The minimum atomic E-state index is 0.669. The van der Waals surface area contributed by atoms with Crippen molar-refractivity contribution in [3.05, 3.63) is 66.2 Å². The Labute approximate surface area is 119 Å². The fourth-order valence-electron chi connectivity index (χ4n) is 1.96. The van der Waals surface area contributed by atoms with Crippen molar-refractivity contribution in [2.75, 3.05) is 6.54 Å². The van der Waals surface area contributed by atoms with Crippen molar-refractivity contribution < 1.29 is 0 Å². The van der Waals surface area contributed by atoms with Crippen LogP contribution in [0.2, 0.25) is 0 Å². The van der Waals surface area contributed by atoms with Crippen LogP contribution in [0.4, 0.5) is 5.69 Å². The van der Waals surface area contributed by atoms with Crippen LogP contribution in [0.15, 0.2) is 65.7 Å². The van der Waals surface area contributed by atoms with Crippen LogP contribution in [0.5, 0.6) is 0 Å². The minimum Gasteiger partial charge on any atom is -0.338 e. The van der Waals surface area contributed by atoms with Crippen LogP contribution in [0.3, 0.4) is 0 Å². The highest BCUT2D eigenvalue weighted by atomic mass is 15.4. The molecule has 0 fully saturated rings. The molecule has 2 aromatic rings. The van der Waals surface area contributed by atoms with Crippen molar-refractivity contribution in [2.45, 2.75) is 13.5 Å². The normalized spacial score (nSPS) is 11.2. The van der Waals surface area contributed by atoms with Crippen LogP contribution in [0.1, 0.15) is 12.5 Å². The highest BCUT2D eigenvalue weighted by Crippen LogP contribution is 2.12. The Hall–Kier alpha value is -2.33. The average molecular weight is 268 g/mol. The van der Waals surface area contributed by atoms with E-state index in [1.165, 1.54) is 5.56 Å². The summed E-state index contributed by atoms with van der Waals surface area (Å²) in [6, 6.07) is 20.1. The monoisotopic (exact) mass is 268 g/mol. The zero-order chi connectivity index (χ0) is 14.2. The maximum Gasteiger partial charge on any atom is 0.213 e. The highest BCUT2D eigenvalue weighted by Gasteiger charge is 2.09. The van der Waals surface area contributed by atoms with Crippen molar-refractivity contribution in [3.8, 4) is 0 Å². The van der Waals surface area contributed by atoms with Gasteiger partial charge in [-0.1, -0.05) is 48.5 Å². The molecule has 0 radical (unpaired) electrons. The van der Waals surface area contributed by atoms with Gasteiger partial charge in [0.05, 0.1) is 5.69 Å². The van der Waals surface area contributed by atoms with Crippen molar-refractivity contribution in [1.29, 1.82) is 0 Å². The summed E-state index contributed by atoms with van der Waals surface area (Å²) in [5, 5.41) is 0. The summed E-state index contributed by atoms with van der Waals surface area (Å²) in [7, 11) is 0. The second-order valence-electron chi connectivity index (χ2n) is 4.42. The molecule has 0 unspecified atom stereocenters. The molecule has 0 atom stereocenters. The number of nitrogens with two attached hydrogens (primary N) is 1. The summed E-state index contributed by atoms with van der Waals surface area (Å²) < 4.78 is 0. The number of nitrogens with one attached hydrogen (secondary N) is 1. The van der Waals surface area contributed by atoms with E-state index in [0.717, 1.165) is 18.8 Å². The van der Waals surface area contributed by atoms with E-state index in [1.54, 1.807) is 0 Å². The van der Waals surface area contributed by atoms with Gasteiger partial charge in [-0.25, -0.2) is 10.8 Å². The van der Waals surface area contributed by atoms with Crippen molar-refractivity contribution in [1.82, 2.24) is 10.3 Å². The molecular weight excluding hydrogens is 248 g/mol. The first-order chi connectivity index (χ1) is 9.83. The first kappa shape index (κ1) is 14.1. The van der Waals surface area contributed by atoms with Gasteiger partial charge >= 0.3 is 0 Å². The van der Waals surface area contributed by atoms with Crippen LogP contribution in [-0.2, 0) is 6.54 Å². The quantitative estimate of drug-likeness (QED) is 0.388. The van der Waals surface area contributed by atoms with Gasteiger partial charge in [0.15, 0.2) is 0 Å². The molecule has 20 heavy (non-hydrogen) atoms. The molecule has 4 nitrogen and oxygen atoms in total. The van der Waals surface area contributed by atoms with E-state index >= 15 is 0 Å². The molecule has 4 heteroatoms. The van der Waals surface area contributed by atoms with E-state index in [0.29, 0.717) is 5.96 Å². The van der Waals surface area contributed by atoms with Gasteiger partial charge in [0.2, 0.25) is 5.96 Å². The Morgan fingerprint density at radius 2 is 1.65 bits per heavy atom. The Kier molecular flexibility index (Phi) is 5.15. The number of benzene rings is 2. The van der Waals surface area contributed by atoms with Gasteiger partial charge in [0, 0.05) is 13.1 Å². The van der Waals surface area contributed by atoms with Crippen LogP contribution in [0.25, 0.3) is 0 Å². The van der Waals surface area contributed by atoms with Crippen molar-refractivity contribution in [3.63, 3.8) is 0 Å². The fourth-order valence-corrected chi connectivity index (χ4v) is 1.96. The Bertz CT molecular complexity index is 537. The number of nitrogens with zero attached hydrogens (tertiary/aromatic N) is 2. The van der Waals surface area contributed by atoms with Crippen LogP contribution >= 0.6 is 0 Å². The molecular formula is C16H20N4. The number of para-hydroxylation sites is 1. The summed E-state index contributed by atoms with van der Waals surface area (Å²) >= 11 is 0. The Morgan fingerprint density at radius 3 is 2.20 bits per heavy atom. The SMILES string of the molecule is CCN(Cc1ccccc1)C(=Nc1ccccc1)NN. The van der Waals surface area contributed by atoms with Gasteiger partial charge in [0.25, 0.3) is 0 Å². The van der Waals surface area contributed by atoms with Gasteiger partial charge in [-0.15, -0.1) is 0 Å². The third kappa shape index (κ3) is 3.83. The molecule has 0 aromatic heterocycles. The van der Waals surface area contributed by atoms with E-state index < -0.39 is 0 Å². The zero-order valence-electron chi connectivity index (χ0n) is 11.7. The van der Waals surface area contributed by atoms with E-state index in [1.807, 2.05) is 48.5 Å². The van der Waals surface area contributed by atoms with Crippen LogP contribution in [-0.4, -0.2) is 17.4 Å². The molecule has 3 N–H and O–H groups in total. The zero-order valence-corrected chi connectivity index (χ0v) is 11.7. The molecule has 0 aliphatic carbocycles. The number of guanidine groups is 1. The first-order valence-electron chi connectivity index (χ1n) is 6.72. The third-order valence-electron chi connectivity index (χ3n) is 3.02. The van der Waals surface area contributed by atoms with Gasteiger partial charge in [-0.05, 0) is 24.6 Å². The second-order valence-corrected chi connectivity index (χ2v) is 4.42. The average Bonchev–Trinajstić information content (AvgIpc) is 2.52. The number of hydrogen-bond acceptors (Lipinski definition) is 2. The van der Waals surface area contributed by atoms with Crippen molar-refractivity contribution in [2.24, 2.45) is 10.8 Å². The van der Waals surface area contributed by atoms with Gasteiger partial charge in [-0.3, -0.25) is 5.43 Å². The molecule has 0 amide bonds. The summed E-state index contributed by atoms with van der Waals surface area (Å²) in [6.07, 6.45) is 0. The molecule has 0 aliphatic rings. The second kappa shape index (κ2) is 7.31. The predicted molar refractivity (Wildman–Crippen MR) is 83.4 cm³/mol. The Balaban J connectivity index is 2.18. The molecule has 0 aliphatic heterocycles. The number of hydrogen-bond donors (Lipinski definition) is 2. The highest BCUT2D eigenvalue weighted by molar-refractivity contribution is 5.82. The maximum atomic E-state index is 5.63. The smallest absolute Gasteiger partial charge is 0.213 e. The molecule has 2 rings (SSSR count). The topological polar surface area (TPSA) is 53.6 Å². The molecule has 0 saturated heterocycles. The van der Waals surface area contributed by atoms with E-state index in [4.69, 9.17) is 5.84 Å². The molecule has 0 bridgehead atoms. The Morgan fingerprint density at radius 1 is 1.05 bits per heavy atom. The lowest BCUT2D eigenvalue weighted by Gasteiger charge is -2.24. The van der Waals surface area contributed by atoms with Crippen LogP contribution < -0.4 is 11.3 Å². The van der Waals surface area contributed by atoms with E-state index in [9.17, 15) is 0 Å². The number of aliphatic imine (C=N–C) groups is 1. The van der Waals surface area contributed by atoms with Gasteiger partial charge < -0.3 is 4.90 Å². The largest absolute Gasteiger partial charge is 0.338 e. The molecule has 2 aromatic carbocycles. The maximum absolute atomic E-state index is 5.63. The molecule has 0 saturated carbocycles. The molecule has 0 heterocycles. The lowest BCUT2D eigenvalue weighted by atomic mass is 10.2. The van der Waals surface area contributed by atoms with Gasteiger partial charge in [-0.2, -0.15) is 0 Å². The van der Waals surface area contributed by atoms with E-state index in [-0.39, 0.29) is 0 Å². The number of hydrazine groups is 1. The number of rotatable bonds is 4. The third-order valence-corrected chi connectivity index (χ3v) is 3.02. The predicted octanol–water partition coefficient (Wildman–Crippen LogP) is 2.66. The lowest BCUT2D eigenvalue weighted by molar-refractivity contribution is 0.419. The molecule has 0 spiro atoms. The summed E-state index contributed by atoms with van der Waals surface area (Å²) in [5.74, 6) is 6.30. The summed E-state index contributed by atoms with van der Waals surface area (Å²) in [6.45, 7) is 3.68. The minimum absolute atomic E-state index is 0.669. The van der Waals surface area contributed by atoms with E-state index in [2.05, 4.69) is 34.4 Å². The fraction of sp³-hybridized carbons (Fsp3) is 0.188. The van der Waals surface area contributed by atoms with Gasteiger partial charge in [0.1, 0.15) is 0 Å². The molecule has 104 valence electrons.